The summed E-state index contributed by atoms with van der Waals surface area (Å²) in [5.74, 6) is -0.768. The maximum atomic E-state index is 13.5. The van der Waals surface area contributed by atoms with Gasteiger partial charge in [0.05, 0.1) is 18.2 Å². The highest BCUT2D eigenvalue weighted by Gasteiger charge is 2.16. The van der Waals surface area contributed by atoms with Gasteiger partial charge in [-0.25, -0.2) is 4.39 Å². The number of hydrogen-bond donors (Lipinski definition) is 1. The second-order valence-electron chi connectivity index (χ2n) is 3.73. The molecule has 3 nitrogen and oxygen atoms in total. The van der Waals surface area contributed by atoms with Crippen LogP contribution in [0.15, 0.2) is 18.2 Å². The fourth-order valence-electron chi connectivity index (χ4n) is 1.47. The first-order valence-electron chi connectivity index (χ1n) is 5.39. The van der Waals surface area contributed by atoms with Gasteiger partial charge in [-0.05, 0) is 24.6 Å². The summed E-state index contributed by atoms with van der Waals surface area (Å²) >= 11 is 11.2. The number of carbonyl (C=O) groups excluding carboxylic acids is 1. The zero-order valence-corrected chi connectivity index (χ0v) is 11.4. The van der Waals surface area contributed by atoms with Gasteiger partial charge in [-0.2, -0.15) is 0 Å². The summed E-state index contributed by atoms with van der Waals surface area (Å²) in [7, 11) is 1.52. The molecule has 6 heteroatoms. The van der Waals surface area contributed by atoms with Gasteiger partial charge >= 0.3 is 0 Å². The van der Waals surface area contributed by atoms with Crippen molar-refractivity contribution in [3.63, 3.8) is 0 Å². The predicted octanol–water partition coefficient (Wildman–Crippen LogP) is 2.85. The van der Waals surface area contributed by atoms with Crippen LogP contribution in [-0.4, -0.2) is 31.5 Å². The molecule has 100 valence electrons. The second kappa shape index (κ2) is 7.56. The minimum absolute atomic E-state index is 0.0462. The van der Waals surface area contributed by atoms with E-state index in [0.29, 0.717) is 18.9 Å². The summed E-state index contributed by atoms with van der Waals surface area (Å²) in [6.45, 7) is 0.327. The zero-order chi connectivity index (χ0) is 13.5. The van der Waals surface area contributed by atoms with Crippen LogP contribution in [0.1, 0.15) is 16.8 Å². The molecule has 0 aromatic heterocycles. The first-order chi connectivity index (χ1) is 8.58. The Morgan fingerprint density at radius 2 is 2.28 bits per heavy atom. The van der Waals surface area contributed by atoms with E-state index in [9.17, 15) is 9.18 Å². The molecule has 0 aliphatic rings. The lowest BCUT2D eigenvalue weighted by atomic mass is 10.1. The van der Waals surface area contributed by atoms with Crippen molar-refractivity contribution in [2.45, 2.75) is 12.5 Å². The number of benzene rings is 1. The molecule has 1 N–H and O–H groups in total. The molecule has 0 spiro atoms. The van der Waals surface area contributed by atoms with Gasteiger partial charge in [-0.1, -0.05) is 11.6 Å². The van der Waals surface area contributed by atoms with Crippen molar-refractivity contribution in [3.8, 4) is 0 Å². The average Bonchev–Trinajstić information content (AvgIpc) is 2.29. The van der Waals surface area contributed by atoms with Crippen LogP contribution in [0.5, 0.6) is 0 Å². The number of methoxy groups -OCH3 is 1. The van der Waals surface area contributed by atoms with Crippen molar-refractivity contribution < 1.29 is 13.9 Å². The quantitative estimate of drug-likeness (QED) is 0.819. The van der Waals surface area contributed by atoms with Crippen molar-refractivity contribution in [2.24, 2.45) is 0 Å². The highest BCUT2D eigenvalue weighted by Crippen LogP contribution is 2.14. The predicted molar refractivity (Wildman–Crippen MR) is 69.9 cm³/mol. The van der Waals surface area contributed by atoms with Crippen LogP contribution < -0.4 is 5.32 Å². The Labute approximate surface area is 115 Å². The van der Waals surface area contributed by atoms with Crippen LogP contribution in [0.25, 0.3) is 0 Å². The molecule has 0 saturated heterocycles. The molecule has 0 bridgehead atoms. The van der Waals surface area contributed by atoms with Gasteiger partial charge in [0.15, 0.2) is 0 Å². The summed E-state index contributed by atoms with van der Waals surface area (Å²) in [6.07, 6.45) is 0.552. The van der Waals surface area contributed by atoms with Crippen LogP contribution in [0.3, 0.4) is 0 Å². The Kier molecular flexibility index (Phi) is 6.39. The van der Waals surface area contributed by atoms with Crippen LogP contribution >= 0.6 is 23.2 Å². The summed E-state index contributed by atoms with van der Waals surface area (Å²) < 4.78 is 18.5. The largest absolute Gasteiger partial charge is 0.383 e. The van der Waals surface area contributed by atoms with Crippen LogP contribution in [0.2, 0.25) is 5.02 Å². The fraction of sp³-hybridized carbons (Fsp3) is 0.417. The first kappa shape index (κ1) is 15.2. The van der Waals surface area contributed by atoms with Gasteiger partial charge in [0, 0.05) is 18.0 Å². The molecule has 0 aliphatic heterocycles. The number of halogens is 3. The van der Waals surface area contributed by atoms with Crippen molar-refractivity contribution in [3.05, 3.63) is 34.6 Å². The molecular weight excluding hydrogens is 280 g/mol. The van der Waals surface area contributed by atoms with Gasteiger partial charge in [0.2, 0.25) is 0 Å². The Hall–Kier alpha value is -0.840. The van der Waals surface area contributed by atoms with Gasteiger partial charge in [-0.3, -0.25) is 4.79 Å². The van der Waals surface area contributed by atoms with E-state index in [2.05, 4.69) is 5.32 Å². The highest BCUT2D eigenvalue weighted by atomic mass is 35.5. The third-order valence-corrected chi connectivity index (χ3v) is 2.79. The number of alkyl halides is 1. The molecule has 0 fully saturated rings. The normalized spacial score (nSPS) is 12.2. The maximum Gasteiger partial charge on any atom is 0.254 e. The molecule has 1 unspecified atom stereocenters. The smallest absolute Gasteiger partial charge is 0.254 e. The molecule has 0 saturated carbocycles. The average molecular weight is 294 g/mol. The molecule has 1 atom stereocenters. The number of rotatable bonds is 6. The van der Waals surface area contributed by atoms with Gasteiger partial charge in [0.25, 0.3) is 5.91 Å². The third kappa shape index (κ3) is 4.44. The Bertz CT molecular complexity index is 409. The Morgan fingerprint density at radius 1 is 1.56 bits per heavy atom. The molecule has 1 rings (SSSR count). The molecule has 1 amide bonds. The summed E-state index contributed by atoms with van der Waals surface area (Å²) in [4.78, 5) is 11.8. The van der Waals surface area contributed by atoms with Crippen molar-refractivity contribution in [1.82, 2.24) is 5.32 Å². The van der Waals surface area contributed by atoms with E-state index in [1.54, 1.807) is 0 Å². The first-order valence-corrected chi connectivity index (χ1v) is 6.30. The van der Waals surface area contributed by atoms with E-state index in [0.717, 1.165) is 6.07 Å². The third-order valence-electron chi connectivity index (χ3n) is 2.34. The molecule has 0 heterocycles. The van der Waals surface area contributed by atoms with E-state index in [-0.39, 0.29) is 16.6 Å². The van der Waals surface area contributed by atoms with Crippen LogP contribution in [0, 0.1) is 5.82 Å². The van der Waals surface area contributed by atoms with E-state index >= 15 is 0 Å². The maximum absolute atomic E-state index is 13.5. The number of hydrogen-bond acceptors (Lipinski definition) is 2. The minimum atomic E-state index is -0.651. The van der Waals surface area contributed by atoms with E-state index < -0.39 is 11.7 Å². The molecule has 18 heavy (non-hydrogen) atoms. The lowest BCUT2D eigenvalue weighted by Crippen LogP contribution is -2.38. The molecular formula is C12H14Cl2FNO2. The number of amides is 1. The summed E-state index contributed by atoms with van der Waals surface area (Å²) in [5, 5.41) is 2.91. The van der Waals surface area contributed by atoms with Crippen LogP contribution in [-0.2, 0) is 4.74 Å². The SMILES string of the molecule is COCC(CCCl)NC(=O)c1ccc(Cl)cc1F. The van der Waals surface area contributed by atoms with E-state index in [4.69, 9.17) is 27.9 Å². The lowest BCUT2D eigenvalue weighted by molar-refractivity contribution is 0.0891. The summed E-state index contributed by atoms with van der Waals surface area (Å²) in [6, 6.07) is 3.67. The van der Waals surface area contributed by atoms with Gasteiger partial charge in [-0.15, -0.1) is 11.6 Å². The van der Waals surface area contributed by atoms with Crippen LogP contribution in [0.4, 0.5) is 4.39 Å². The van der Waals surface area contributed by atoms with E-state index in [1.807, 2.05) is 0 Å². The van der Waals surface area contributed by atoms with Gasteiger partial charge < -0.3 is 10.1 Å². The standard InChI is InChI=1S/C12H14Cl2FNO2/c1-18-7-9(4-5-13)16-12(17)10-3-2-8(14)6-11(10)15/h2-3,6,9H,4-5,7H2,1H3,(H,16,17). The van der Waals surface area contributed by atoms with Crippen molar-refractivity contribution in [2.75, 3.05) is 19.6 Å². The minimum Gasteiger partial charge on any atom is -0.383 e. The number of ether oxygens (including phenoxy) is 1. The van der Waals surface area contributed by atoms with Crippen molar-refractivity contribution >= 4 is 29.1 Å². The number of carbonyl (C=O) groups is 1. The topological polar surface area (TPSA) is 38.3 Å². The second-order valence-corrected chi connectivity index (χ2v) is 4.54. The molecule has 0 radical (unpaired) electrons. The molecule has 1 aromatic rings. The lowest BCUT2D eigenvalue weighted by Gasteiger charge is -2.16. The van der Waals surface area contributed by atoms with Crippen molar-refractivity contribution in [1.29, 1.82) is 0 Å². The molecule has 0 aliphatic carbocycles. The van der Waals surface area contributed by atoms with Gasteiger partial charge in [0.1, 0.15) is 5.82 Å². The molecule has 1 aromatic carbocycles. The fourth-order valence-corrected chi connectivity index (χ4v) is 1.89. The highest BCUT2D eigenvalue weighted by molar-refractivity contribution is 6.30. The Morgan fingerprint density at radius 3 is 2.83 bits per heavy atom. The monoisotopic (exact) mass is 293 g/mol. The Balaban J connectivity index is 2.73. The van der Waals surface area contributed by atoms with E-state index in [1.165, 1.54) is 19.2 Å². The summed E-state index contributed by atoms with van der Waals surface area (Å²) in [5.41, 5.74) is -0.0462. The number of nitrogens with one attached hydrogen (secondary N) is 1. The zero-order valence-electron chi connectivity index (χ0n) is 9.88.